The first-order valence-corrected chi connectivity index (χ1v) is 13.3. The minimum Gasteiger partial charge on any atom is -0.382 e. The number of amides is 3. The summed E-state index contributed by atoms with van der Waals surface area (Å²) >= 11 is 0. The maximum absolute atomic E-state index is 13.8. The van der Waals surface area contributed by atoms with Crippen LogP contribution in [0.3, 0.4) is 0 Å². The second kappa shape index (κ2) is 10.8. The van der Waals surface area contributed by atoms with Crippen molar-refractivity contribution in [1.82, 2.24) is 19.7 Å². The predicted molar refractivity (Wildman–Crippen MR) is 152 cm³/mol. The molecule has 0 aliphatic heterocycles. The van der Waals surface area contributed by atoms with Gasteiger partial charge in [0.05, 0.1) is 16.5 Å². The summed E-state index contributed by atoms with van der Waals surface area (Å²) < 4.78 is 43.1. The van der Waals surface area contributed by atoms with E-state index in [1.807, 2.05) is 18.2 Å². The third kappa shape index (κ3) is 5.67. The molecule has 1 aliphatic carbocycles. The first-order chi connectivity index (χ1) is 19.5. The number of nitrogens with zero attached hydrogens (tertiary/aromatic N) is 4. The van der Waals surface area contributed by atoms with Gasteiger partial charge >= 0.3 is 12.2 Å². The van der Waals surface area contributed by atoms with Crippen LogP contribution in [0.15, 0.2) is 48.5 Å². The second-order valence-electron chi connectivity index (χ2n) is 9.97. The molecular weight excluding hydrogens is 535 g/mol. The van der Waals surface area contributed by atoms with Gasteiger partial charge in [-0.1, -0.05) is 12.1 Å². The van der Waals surface area contributed by atoms with Crippen molar-refractivity contribution in [1.29, 1.82) is 0 Å². The molecule has 0 bridgehead atoms. The van der Waals surface area contributed by atoms with Gasteiger partial charge in [-0.05, 0) is 74.2 Å². The van der Waals surface area contributed by atoms with E-state index in [4.69, 9.17) is 10.7 Å². The number of benzene rings is 2. The van der Waals surface area contributed by atoms with Crippen LogP contribution in [0.4, 0.5) is 35.2 Å². The summed E-state index contributed by atoms with van der Waals surface area (Å²) in [5.74, 6) is 0.0698. The third-order valence-corrected chi connectivity index (χ3v) is 7.15. The Balaban J connectivity index is 1.35. The SMILES string of the molecule is CCN(CC)C(=O)c1ccc(NC(=O)Nc2ccc(-c3cc(C4CC4)nc4c3c(N)nn4C)cc2)cc1C(F)(F)F. The van der Waals surface area contributed by atoms with Crippen molar-refractivity contribution in [3.8, 4) is 11.1 Å². The number of pyridine rings is 1. The van der Waals surface area contributed by atoms with Crippen molar-refractivity contribution in [2.45, 2.75) is 38.8 Å². The van der Waals surface area contributed by atoms with Gasteiger partial charge in [0.25, 0.3) is 5.91 Å². The number of halogens is 3. The highest BCUT2D eigenvalue weighted by Crippen LogP contribution is 2.42. The largest absolute Gasteiger partial charge is 0.417 e. The summed E-state index contributed by atoms with van der Waals surface area (Å²) in [7, 11) is 1.80. The van der Waals surface area contributed by atoms with Crippen molar-refractivity contribution < 1.29 is 22.8 Å². The van der Waals surface area contributed by atoms with Crippen molar-refractivity contribution in [3.05, 3.63) is 65.4 Å². The van der Waals surface area contributed by atoms with Gasteiger partial charge in [0, 0.05) is 43.1 Å². The number of carbonyl (C=O) groups is 2. The number of aryl methyl sites for hydroxylation is 1. The number of nitrogens with one attached hydrogen (secondary N) is 2. The fourth-order valence-electron chi connectivity index (χ4n) is 4.86. The maximum Gasteiger partial charge on any atom is 0.417 e. The average Bonchev–Trinajstić information content (AvgIpc) is 3.74. The first-order valence-electron chi connectivity index (χ1n) is 13.3. The number of urea groups is 1. The van der Waals surface area contributed by atoms with Gasteiger partial charge < -0.3 is 21.3 Å². The van der Waals surface area contributed by atoms with Crippen LogP contribution in [-0.2, 0) is 13.2 Å². The number of hydrogen-bond donors (Lipinski definition) is 3. The molecule has 214 valence electrons. The lowest BCUT2D eigenvalue weighted by Gasteiger charge is -2.21. The summed E-state index contributed by atoms with van der Waals surface area (Å²) in [5, 5.41) is 10.1. The van der Waals surface area contributed by atoms with Crippen molar-refractivity contribution in [3.63, 3.8) is 0 Å². The van der Waals surface area contributed by atoms with Crippen molar-refractivity contribution in [2.75, 3.05) is 29.5 Å². The number of nitrogen functional groups attached to an aromatic ring is 1. The molecule has 1 saturated carbocycles. The summed E-state index contributed by atoms with van der Waals surface area (Å²) in [5.41, 5.74) is 8.38. The van der Waals surface area contributed by atoms with Gasteiger partial charge in [0.1, 0.15) is 0 Å². The smallest absolute Gasteiger partial charge is 0.382 e. The number of fused-ring (bicyclic) bond motifs is 1. The molecule has 3 amide bonds. The van der Waals surface area contributed by atoms with Crippen LogP contribution in [0.1, 0.15) is 54.2 Å². The fourth-order valence-corrected chi connectivity index (χ4v) is 4.86. The molecular formula is C29H30F3N7O2. The summed E-state index contributed by atoms with van der Waals surface area (Å²) in [6.45, 7) is 3.94. The minimum absolute atomic E-state index is 0.0959. The Hall–Kier alpha value is -4.61. The lowest BCUT2D eigenvalue weighted by molar-refractivity contribution is -0.138. The van der Waals surface area contributed by atoms with Crippen LogP contribution in [0.2, 0.25) is 0 Å². The standard InChI is InChI=1S/C29H30F3N7O2/c1-4-39(5-2)27(40)20-13-12-19(14-22(20)29(30,31)32)35-28(41)34-18-10-8-16(9-11-18)21-15-23(17-6-7-17)36-26-24(21)25(33)37-38(26)3/h8-15,17H,4-7H2,1-3H3,(H2,33,37)(H2,34,35,41). The van der Waals surface area contributed by atoms with E-state index >= 15 is 0 Å². The normalized spacial score (nSPS) is 13.3. The van der Waals surface area contributed by atoms with E-state index in [-0.39, 0.29) is 18.8 Å². The molecule has 41 heavy (non-hydrogen) atoms. The first kappa shape index (κ1) is 27.9. The lowest BCUT2D eigenvalue weighted by atomic mass is 10.0. The number of hydrogen-bond acceptors (Lipinski definition) is 5. The van der Waals surface area contributed by atoms with Crippen molar-refractivity contribution >= 4 is 40.2 Å². The van der Waals surface area contributed by atoms with Crippen LogP contribution < -0.4 is 16.4 Å². The third-order valence-electron chi connectivity index (χ3n) is 7.15. The van der Waals surface area contributed by atoms with Crippen LogP contribution >= 0.6 is 0 Å². The zero-order chi connectivity index (χ0) is 29.5. The van der Waals surface area contributed by atoms with Gasteiger partial charge in [0.15, 0.2) is 11.5 Å². The van der Waals surface area contributed by atoms with E-state index in [0.717, 1.165) is 47.2 Å². The van der Waals surface area contributed by atoms with Gasteiger partial charge in [-0.15, -0.1) is 0 Å². The minimum atomic E-state index is -4.78. The summed E-state index contributed by atoms with van der Waals surface area (Å²) in [4.78, 5) is 31.4. The quantitative estimate of drug-likeness (QED) is 0.245. The molecule has 5 rings (SSSR count). The van der Waals surface area contributed by atoms with Gasteiger partial charge in [-0.25, -0.2) is 14.5 Å². The van der Waals surface area contributed by atoms with E-state index in [1.54, 1.807) is 37.7 Å². The van der Waals surface area contributed by atoms with E-state index in [1.165, 1.54) is 11.0 Å². The average molecular weight is 566 g/mol. The molecule has 2 aromatic carbocycles. The molecule has 2 aromatic heterocycles. The molecule has 0 saturated heterocycles. The van der Waals surface area contributed by atoms with Crippen LogP contribution in [0, 0.1) is 0 Å². The number of anilines is 3. The van der Waals surface area contributed by atoms with E-state index < -0.39 is 29.2 Å². The Labute approximate surface area is 234 Å². The summed E-state index contributed by atoms with van der Waals surface area (Å²) in [6.07, 6.45) is -2.61. The molecule has 1 aliphatic rings. The monoisotopic (exact) mass is 565 g/mol. The number of alkyl halides is 3. The molecule has 0 spiro atoms. The second-order valence-corrected chi connectivity index (χ2v) is 9.97. The van der Waals surface area contributed by atoms with Gasteiger partial charge in [-0.3, -0.25) is 4.79 Å². The number of carbonyl (C=O) groups excluding carboxylic acids is 2. The van der Waals surface area contributed by atoms with Gasteiger partial charge in [0.2, 0.25) is 0 Å². The molecule has 9 nitrogen and oxygen atoms in total. The number of aromatic nitrogens is 3. The van der Waals surface area contributed by atoms with E-state index in [0.29, 0.717) is 23.1 Å². The Morgan fingerprint density at radius 3 is 2.27 bits per heavy atom. The molecule has 12 heteroatoms. The Morgan fingerprint density at radius 2 is 1.66 bits per heavy atom. The Bertz CT molecular complexity index is 1620. The van der Waals surface area contributed by atoms with Gasteiger partial charge in [-0.2, -0.15) is 18.3 Å². The molecule has 0 atom stereocenters. The topological polar surface area (TPSA) is 118 Å². The number of nitrogens with two attached hydrogens (primary N) is 1. The molecule has 4 N–H and O–H groups in total. The van der Waals surface area contributed by atoms with E-state index in [2.05, 4.69) is 15.7 Å². The lowest BCUT2D eigenvalue weighted by Crippen LogP contribution is -2.32. The Kier molecular flexibility index (Phi) is 7.33. The predicted octanol–water partition coefficient (Wildman–Crippen LogP) is 6.24. The maximum atomic E-state index is 13.8. The highest BCUT2D eigenvalue weighted by atomic mass is 19.4. The summed E-state index contributed by atoms with van der Waals surface area (Å²) in [6, 6.07) is 11.5. The zero-order valence-corrected chi connectivity index (χ0v) is 22.8. The highest BCUT2D eigenvalue weighted by Gasteiger charge is 2.36. The van der Waals surface area contributed by atoms with Crippen LogP contribution in [0.25, 0.3) is 22.2 Å². The molecule has 4 aromatic rings. The number of rotatable bonds is 7. The molecule has 2 heterocycles. The zero-order valence-electron chi connectivity index (χ0n) is 22.8. The van der Waals surface area contributed by atoms with Crippen LogP contribution in [-0.4, -0.2) is 44.7 Å². The van der Waals surface area contributed by atoms with E-state index in [9.17, 15) is 22.8 Å². The fraction of sp³-hybridized carbons (Fsp3) is 0.310. The van der Waals surface area contributed by atoms with Crippen molar-refractivity contribution in [2.24, 2.45) is 7.05 Å². The van der Waals surface area contributed by atoms with Crippen LogP contribution in [0.5, 0.6) is 0 Å². The molecule has 0 radical (unpaired) electrons. The molecule has 0 unspecified atom stereocenters. The molecule has 1 fully saturated rings. The highest BCUT2D eigenvalue weighted by molar-refractivity contribution is 6.02. The Morgan fingerprint density at radius 1 is 1.02 bits per heavy atom.